The van der Waals surface area contributed by atoms with Crippen LogP contribution in [0.15, 0.2) is 12.3 Å². The van der Waals surface area contributed by atoms with Gasteiger partial charge in [-0.25, -0.2) is 0 Å². The smallest absolute Gasteiger partial charge is 0.220 e. The highest BCUT2D eigenvalue weighted by atomic mass is 16.1. The van der Waals surface area contributed by atoms with Gasteiger partial charge in [0.05, 0.1) is 12.2 Å². The Bertz CT molecular complexity index is 309. The van der Waals surface area contributed by atoms with Crippen molar-refractivity contribution < 1.29 is 6.22 Å². The van der Waals surface area contributed by atoms with Crippen molar-refractivity contribution >= 4 is 5.91 Å². The second kappa shape index (κ2) is 4.79. The molecule has 0 aliphatic carbocycles. The van der Waals surface area contributed by atoms with Crippen molar-refractivity contribution in [2.75, 3.05) is 0 Å². The fraction of sp³-hybridized carbons (Fsp3) is 0.600. The van der Waals surface area contributed by atoms with Gasteiger partial charge in [-0.2, -0.15) is 5.10 Å². The first-order chi connectivity index (χ1) is 6.63. The molecule has 1 aromatic heterocycles. The summed E-state index contributed by atoms with van der Waals surface area (Å²) in [4.78, 5) is 11.0. The molecule has 0 saturated carbocycles. The predicted molar refractivity (Wildman–Crippen MR) is 56.9 cm³/mol. The van der Waals surface area contributed by atoms with E-state index in [0.717, 1.165) is 5.69 Å². The molecule has 0 aliphatic rings. The first-order valence-electron chi connectivity index (χ1n) is 4.94. The van der Waals surface area contributed by atoms with E-state index in [1.54, 1.807) is 0 Å². The number of amides is 1. The number of hydrogen-bond donors (Lipinski definition) is 1. The van der Waals surface area contributed by atoms with Crippen LogP contribution in [0.1, 0.15) is 40.4 Å². The van der Waals surface area contributed by atoms with Crippen LogP contribution in [0.2, 0.25) is 0 Å². The molecule has 1 heterocycles. The van der Waals surface area contributed by atoms with Gasteiger partial charge < -0.3 is 5.32 Å². The Morgan fingerprint density at radius 2 is 2.43 bits per heavy atom. The molecule has 80 valence electrons. The Morgan fingerprint density at radius 3 is 2.93 bits per heavy atom. The van der Waals surface area contributed by atoms with Crippen LogP contribution in [0.5, 0.6) is 0 Å². The molecule has 14 heavy (non-hydrogen) atoms. The minimum atomic E-state index is 0. The second-order valence-corrected chi connectivity index (χ2v) is 3.51. The minimum absolute atomic E-state index is 0. The monoisotopic (exact) mass is 197 g/mol. The lowest BCUT2D eigenvalue weighted by molar-refractivity contribution is -0.120. The summed E-state index contributed by atoms with van der Waals surface area (Å²) in [5.74, 6) is 0.0593. The summed E-state index contributed by atoms with van der Waals surface area (Å²) in [5, 5.41) is 7.10. The molecule has 1 rings (SSSR count). The first kappa shape index (κ1) is 10.8. The molecule has 0 aromatic carbocycles. The van der Waals surface area contributed by atoms with Gasteiger partial charge in [0.25, 0.3) is 0 Å². The number of rotatable bonds is 4. The van der Waals surface area contributed by atoms with Crippen LogP contribution in [-0.2, 0) is 11.3 Å². The van der Waals surface area contributed by atoms with Crippen molar-refractivity contribution in [1.29, 1.82) is 0 Å². The zero-order valence-electron chi connectivity index (χ0n) is 8.95. The standard InChI is InChI=1S/C10H17N3O.H2/c1-4-10(14)11-7-9-5-6-13(12-9)8(2)3;/h5-6,8H,4,7H2,1-3H3,(H,11,14);1H. The lowest BCUT2D eigenvalue weighted by Crippen LogP contribution is -2.21. The average Bonchev–Trinajstić information content (AvgIpc) is 2.62. The summed E-state index contributed by atoms with van der Waals surface area (Å²) in [6.07, 6.45) is 2.45. The Morgan fingerprint density at radius 1 is 1.71 bits per heavy atom. The van der Waals surface area contributed by atoms with Gasteiger partial charge in [-0.3, -0.25) is 9.48 Å². The highest BCUT2D eigenvalue weighted by Gasteiger charge is 2.02. The van der Waals surface area contributed by atoms with E-state index < -0.39 is 0 Å². The summed E-state index contributed by atoms with van der Waals surface area (Å²) in [7, 11) is 0. The molecule has 0 fully saturated rings. The number of hydrogen-bond acceptors (Lipinski definition) is 2. The van der Waals surface area contributed by atoms with Crippen molar-refractivity contribution in [3.8, 4) is 0 Å². The molecule has 0 saturated heterocycles. The number of nitrogens with zero attached hydrogens (tertiary/aromatic N) is 2. The quantitative estimate of drug-likeness (QED) is 0.799. The summed E-state index contributed by atoms with van der Waals surface area (Å²) in [6.45, 7) is 6.50. The summed E-state index contributed by atoms with van der Waals surface area (Å²) in [5.41, 5.74) is 0.903. The third-order valence-electron chi connectivity index (χ3n) is 1.98. The molecule has 0 unspecified atom stereocenters. The van der Waals surface area contributed by atoms with Crippen molar-refractivity contribution in [2.45, 2.75) is 39.8 Å². The van der Waals surface area contributed by atoms with Crippen LogP contribution < -0.4 is 5.32 Å². The molecule has 0 radical (unpaired) electrons. The van der Waals surface area contributed by atoms with Crippen molar-refractivity contribution in [1.82, 2.24) is 15.1 Å². The Balaban J connectivity index is 0.00000196. The number of carbonyl (C=O) groups excluding carboxylic acids is 1. The maximum atomic E-state index is 11.0. The van der Waals surface area contributed by atoms with Gasteiger partial charge in [-0.1, -0.05) is 6.92 Å². The van der Waals surface area contributed by atoms with E-state index in [1.807, 2.05) is 23.9 Å². The van der Waals surface area contributed by atoms with Crippen molar-refractivity contribution in [3.05, 3.63) is 18.0 Å². The lowest BCUT2D eigenvalue weighted by atomic mass is 10.4. The highest BCUT2D eigenvalue weighted by Crippen LogP contribution is 2.03. The second-order valence-electron chi connectivity index (χ2n) is 3.51. The molecule has 0 spiro atoms. The van der Waals surface area contributed by atoms with Gasteiger partial charge in [0.2, 0.25) is 5.91 Å². The largest absolute Gasteiger partial charge is 0.350 e. The number of carbonyl (C=O) groups is 1. The van der Waals surface area contributed by atoms with E-state index in [-0.39, 0.29) is 7.33 Å². The van der Waals surface area contributed by atoms with Crippen LogP contribution in [0.25, 0.3) is 0 Å². The average molecular weight is 197 g/mol. The topological polar surface area (TPSA) is 46.9 Å². The number of aromatic nitrogens is 2. The van der Waals surface area contributed by atoms with Gasteiger partial charge >= 0.3 is 0 Å². The summed E-state index contributed by atoms with van der Waals surface area (Å²) >= 11 is 0. The van der Waals surface area contributed by atoms with E-state index in [4.69, 9.17) is 0 Å². The molecule has 1 N–H and O–H groups in total. The maximum absolute atomic E-state index is 11.0. The zero-order valence-corrected chi connectivity index (χ0v) is 8.95. The molecular weight excluding hydrogens is 178 g/mol. The van der Waals surface area contributed by atoms with Crippen LogP contribution >= 0.6 is 0 Å². The van der Waals surface area contributed by atoms with Crippen LogP contribution in [0.4, 0.5) is 0 Å². The normalized spacial score (nSPS) is 10.6. The van der Waals surface area contributed by atoms with E-state index in [2.05, 4.69) is 24.3 Å². The summed E-state index contributed by atoms with van der Waals surface area (Å²) < 4.78 is 1.88. The Labute approximate surface area is 85.8 Å². The van der Waals surface area contributed by atoms with Crippen molar-refractivity contribution in [2.24, 2.45) is 0 Å². The van der Waals surface area contributed by atoms with E-state index in [9.17, 15) is 4.79 Å². The van der Waals surface area contributed by atoms with Gasteiger partial charge in [0, 0.05) is 20.1 Å². The van der Waals surface area contributed by atoms with Gasteiger partial charge in [-0.05, 0) is 19.9 Å². The fourth-order valence-electron chi connectivity index (χ4n) is 1.07. The van der Waals surface area contributed by atoms with Gasteiger partial charge in [0.1, 0.15) is 0 Å². The molecule has 4 heteroatoms. The van der Waals surface area contributed by atoms with Gasteiger partial charge in [-0.15, -0.1) is 0 Å². The molecule has 1 aromatic rings. The van der Waals surface area contributed by atoms with Gasteiger partial charge in [0.15, 0.2) is 0 Å². The Kier molecular flexibility index (Phi) is 3.68. The number of nitrogens with one attached hydrogen (secondary N) is 1. The maximum Gasteiger partial charge on any atom is 0.220 e. The first-order valence-corrected chi connectivity index (χ1v) is 4.94. The van der Waals surface area contributed by atoms with Crippen molar-refractivity contribution in [3.63, 3.8) is 0 Å². The van der Waals surface area contributed by atoms with E-state index in [1.165, 1.54) is 0 Å². The van der Waals surface area contributed by atoms with Crippen LogP contribution in [0, 0.1) is 0 Å². The molecular formula is C10H19N3O. The highest BCUT2D eigenvalue weighted by molar-refractivity contribution is 5.75. The van der Waals surface area contributed by atoms with Crippen LogP contribution in [-0.4, -0.2) is 15.7 Å². The predicted octanol–water partition coefficient (Wildman–Crippen LogP) is 1.74. The van der Waals surface area contributed by atoms with Crippen LogP contribution in [0.3, 0.4) is 0 Å². The Hall–Kier alpha value is -1.32. The zero-order chi connectivity index (χ0) is 10.6. The molecule has 0 aliphatic heterocycles. The summed E-state index contributed by atoms with van der Waals surface area (Å²) in [6, 6.07) is 2.29. The molecule has 0 atom stereocenters. The van der Waals surface area contributed by atoms with E-state index >= 15 is 0 Å². The fourth-order valence-corrected chi connectivity index (χ4v) is 1.07. The lowest BCUT2D eigenvalue weighted by Gasteiger charge is -2.04. The molecule has 4 nitrogen and oxygen atoms in total. The third kappa shape index (κ3) is 2.87. The minimum Gasteiger partial charge on any atom is -0.350 e. The molecule has 0 bridgehead atoms. The third-order valence-corrected chi connectivity index (χ3v) is 1.98. The SMILES string of the molecule is CCC(=O)NCc1ccn(C(C)C)n1.[HH]. The van der Waals surface area contributed by atoms with E-state index in [0.29, 0.717) is 19.0 Å². The molecule has 1 amide bonds.